The molecule has 1 rings (SSSR count). The molecule has 0 aliphatic heterocycles. The molecular weight excluding hydrogens is 330 g/mol. The number of hydrogen-bond acceptors (Lipinski definition) is 5. The molecule has 0 heterocycles. The van der Waals surface area contributed by atoms with E-state index < -0.39 is 11.2 Å². The zero-order valence-electron chi connectivity index (χ0n) is 17.0. The number of rotatable bonds is 8. The lowest BCUT2D eigenvalue weighted by molar-refractivity contribution is -0.155. The van der Waals surface area contributed by atoms with Gasteiger partial charge in [0, 0.05) is 19.6 Å². The first kappa shape index (κ1) is 22.2. The molecule has 0 saturated heterocycles. The molecule has 0 aliphatic carbocycles. The van der Waals surface area contributed by atoms with E-state index in [-0.39, 0.29) is 11.9 Å². The summed E-state index contributed by atoms with van der Waals surface area (Å²) in [5.41, 5.74) is 0.163. The molecule has 0 radical (unpaired) electrons. The van der Waals surface area contributed by atoms with E-state index in [1.807, 2.05) is 71.9 Å². The van der Waals surface area contributed by atoms with Crippen molar-refractivity contribution < 1.29 is 19.1 Å². The summed E-state index contributed by atoms with van der Waals surface area (Å²) >= 11 is 0. The predicted molar refractivity (Wildman–Crippen MR) is 103 cm³/mol. The third kappa shape index (κ3) is 10.9. The van der Waals surface area contributed by atoms with Crippen LogP contribution < -0.4 is 0 Å². The molecule has 26 heavy (non-hydrogen) atoms. The van der Waals surface area contributed by atoms with E-state index in [2.05, 4.69) is 4.90 Å². The zero-order chi connectivity index (χ0) is 19.8. The van der Waals surface area contributed by atoms with Crippen LogP contribution in [-0.2, 0) is 25.6 Å². The van der Waals surface area contributed by atoms with Crippen molar-refractivity contribution in [1.29, 1.82) is 0 Å². The second-order valence-electron chi connectivity index (χ2n) is 8.43. The lowest BCUT2D eigenvalue weighted by Gasteiger charge is -2.25. The van der Waals surface area contributed by atoms with E-state index in [4.69, 9.17) is 9.47 Å². The summed E-state index contributed by atoms with van der Waals surface area (Å²) in [7, 11) is 0. The lowest BCUT2D eigenvalue weighted by atomic mass is 10.2. The monoisotopic (exact) mass is 363 g/mol. The first-order valence-corrected chi connectivity index (χ1v) is 9.14. The normalized spacial score (nSPS) is 12.1. The van der Waals surface area contributed by atoms with Crippen LogP contribution in [0.4, 0.5) is 0 Å². The number of carbonyl (C=O) groups excluding carboxylic acids is 2. The second-order valence-corrected chi connectivity index (χ2v) is 8.43. The van der Waals surface area contributed by atoms with Crippen LogP contribution in [0.15, 0.2) is 30.3 Å². The van der Waals surface area contributed by atoms with Gasteiger partial charge in [-0.2, -0.15) is 0 Å². The third-order valence-corrected chi connectivity index (χ3v) is 3.35. The second kappa shape index (κ2) is 9.72. The maximum absolute atomic E-state index is 12.0. The predicted octanol–water partition coefficient (Wildman–Crippen LogP) is 3.95. The fourth-order valence-corrected chi connectivity index (χ4v) is 2.40. The number of hydrogen-bond donors (Lipinski definition) is 0. The fourth-order valence-electron chi connectivity index (χ4n) is 2.40. The van der Waals surface area contributed by atoms with Gasteiger partial charge in [-0.15, -0.1) is 0 Å². The van der Waals surface area contributed by atoms with Gasteiger partial charge in [-0.1, -0.05) is 30.3 Å². The SMILES string of the molecule is CC(C)(C)OC(=O)CCN(CCC(=O)OC(C)(C)C)Cc1ccccc1. The molecular formula is C21H33NO4. The van der Waals surface area contributed by atoms with Crippen LogP contribution in [0.2, 0.25) is 0 Å². The van der Waals surface area contributed by atoms with Gasteiger partial charge in [-0.05, 0) is 47.1 Å². The van der Waals surface area contributed by atoms with Crippen molar-refractivity contribution in [3.63, 3.8) is 0 Å². The molecule has 0 unspecified atom stereocenters. The molecule has 0 spiro atoms. The van der Waals surface area contributed by atoms with Crippen LogP contribution in [-0.4, -0.2) is 41.1 Å². The minimum atomic E-state index is -0.488. The van der Waals surface area contributed by atoms with Crippen LogP contribution >= 0.6 is 0 Å². The lowest BCUT2D eigenvalue weighted by Crippen LogP contribution is -2.32. The summed E-state index contributed by atoms with van der Waals surface area (Å²) in [5.74, 6) is -0.458. The number of ether oxygens (including phenoxy) is 2. The molecule has 1 aromatic carbocycles. The maximum atomic E-state index is 12.0. The van der Waals surface area contributed by atoms with Crippen molar-refractivity contribution in [2.24, 2.45) is 0 Å². The highest BCUT2D eigenvalue weighted by atomic mass is 16.6. The van der Waals surface area contributed by atoms with E-state index >= 15 is 0 Å². The van der Waals surface area contributed by atoms with E-state index in [0.29, 0.717) is 32.5 Å². The van der Waals surface area contributed by atoms with Gasteiger partial charge in [-0.3, -0.25) is 14.5 Å². The minimum Gasteiger partial charge on any atom is -0.460 e. The molecule has 5 heteroatoms. The van der Waals surface area contributed by atoms with Gasteiger partial charge in [0.05, 0.1) is 12.8 Å². The van der Waals surface area contributed by atoms with Gasteiger partial charge in [0.25, 0.3) is 0 Å². The standard InChI is InChI=1S/C21H33NO4/c1-20(2,3)25-18(23)12-14-22(16-17-10-8-7-9-11-17)15-13-19(24)26-21(4,5)6/h7-11H,12-16H2,1-6H3. The topological polar surface area (TPSA) is 55.8 Å². The zero-order valence-corrected chi connectivity index (χ0v) is 17.0. The number of nitrogens with zero attached hydrogens (tertiary/aromatic N) is 1. The summed E-state index contributed by atoms with van der Waals surface area (Å²) in [5, 5.41) is 0. The number of carbonyl (C=O) groups is 2. The first-order valence-electron chi connectivity index (χ1n) is 9.14. The van der Waals surface area contributed by atoms with Crippen LogP contribution in [0, 0.1) is 0 Å². The van der Waals surface area contributed by atoms with Crippen LogP contribution in [0.1, 0.15) is 59.9 Å². The van der Waals surface area contributed by atoms with Crippen LogP contribution in [0.5, 0.6) is 0 Å². The summed E-state index contributed by atoms with van der Waals surface area (Å²) < 4.78 is 10.7. The van der Waals surface area contributed by atoms with E-state index in [1.54, 1.807) is 0 Å². The first-order chi connectivity index (χ1) is 11.9. The van der Waals surface area contributed by atoms with Gasteiger partial charge < -0.3 is 9.47 Å². The highest BCUT2D eigenvalue weighted by molar-refractivity contribution is 5.70. The van der Waals surface area contributed by atoms with Crippen molar-refractivity contribution in [2.75, 3.05) is 13.1 Å². The maximum Gasteiger partial charge on any atom is 0.307 e. The largest absolute Gasteiger partial charge is 0.460 e. The Morgan fingerprint density at radius 1 is 0.808 bits per heavy atom. The summed E-state index contributed by atoms with van der Waals surface area (Å²) in [6.07, 6.45) is 0.580. The Hall–Kier alpha value is -1.88. The Morgan fingerprint density at radius 3 is 1.62 bits per heavy atom. The van der Waals surface area contributed by atoms with Crippen molar-refractivity contribution in [2.45, 2.75) is 72.1 Å². The molecule has 0 amide bonds. The summed E-state index contributed by atoms with van der Waals surface area (Å²) in [6.45, 7) is 12.9. The van der Waals surface area contributed by atoms with Crippen molar-refractivity contribution in [3.05, 3.63) is 35.9 Å². The Bertz CT molecular complexity index is 538. The molecule has 0 saturated carbocycles. The van der Waals surface area contributed by atoms with E-state index in [1.165, 1.54) is 0 Å². The third-order valence-electron chi connectivity index (χ3n) is 3.35. The van der Waals surface area contributed by atoms with Crippen molar-refractivity contribution >= 4 is 11.9 Å². The average Bonchev–Trinajstić information content (AvgIpc) is 2.47. The minimum absolute atomic E-state index is 0.229. The van der Waals surface area contributed by atoms with Crippen LogP contribution in [0.25, 0.3) is 0 Å². The Labute approximate surface area is 157 Å². The molecule has 0 aliphatic rings. The van der Waals surface area contributed by atoms with Crippen molar-refractivity contribution in [1.82, 2.24) is 4.90 Å². The molecule has 146 valence electrons. The van der Waals surface area contributed by atoms with E-state index in [9.17, 15) is 9.59 Å². The molecule has 0 atom stereocenters. The quantitative estimate of drug-likeness (QED) is 0.655. The molecule has 0 N–H and O–H groups in total. The summed E-state index contributed by atoms with van der Waals surface area (Å²) in [4.78, 5) is 26.1. The van der Waals surface area contributed by atoms with Crippen molar-refractivity contribution in [3.8, 4) is 0 Å². The number of esters is 2. The Balaban J connectivity index is 2.61. The molecule has 0 bridgehead atoms. The highest BCUT2D eigenvalue weighted by Crippen LogP contribution is 2.12. The van der Waals surface area contributed by atoms with Gasteiger partial charge in [0.2, 0.25) is 0 Å². The van der Waals surface area contributed by atoms with Gasteiger partial charge in [0.15, 0.2) is 0 Å². The van der Waals surface area contributed by atoms with Gasteiger partial charge in [0.1, 0.15) is 11.2 Å². The molecule has 1 aromatic rings. The summed E-state index contributed by atoms with van der Waals surface area (Å²) in [6, 6.07) is 10.0. The smallest absolute Gasteiger partial charge is 0.307 e. The van der Waals surface area contributed by atoms with Gasteiger partial charge in [-0.25, -0.2) is 0 Å². The Kier molecular flexibility index (Phi) is 8.28. The molecule has 5 nitrogen and oxygen atoms in total. The van der Waals surface area contributed by atoms with E-state index in [0.717, 1.165) is 5.56 Å². The highest BCUT2D eigenvalue weighted by Gasteiger charge is 2.19. The number of benzene rings is 1. The van der Waals surface area contributed by atoms with Crippen LogP contribution in [0.3, 0.4) is 0 Å². The Morgan fingerprint density at radius 2 is 1.23 bits per heavy atom. The molecule has 0 fully saturated rings. The average molecular weight is 363 g/mol. The van der Waals surface area contributed by atoms with Gasteiger partial charge >= 0.3 is 11.9 Å². The fraction of sp³-hybridized carbons (Fsp3) is 0.619. The molecule has 0 aromatic heterocycles.